The van der Waals surface area contributed by atoms with Crippen LogP contribution in [0.25, 0.3) is 0 Å². The lowest BCUT2D eigenvalue weighted by Crippen LogP contribution is -2.26. The summed E-state index contributed by atoms with van der Waals surface area (Å²) in [5, 5.41) is 8.16. The van der Waals surface area contributed by atoms with E-state index in [1.807, 2.05) is 18.2 Å². The number of amides is 3. The molecule has 23 heavy (non-hydrogen) atoms. The first kappa shape index (κ1) is 16.5. The number of hydrogen-bond donors (Lipinski definition) is 3. The minimum atomic E-state index is -0.339. The van der Waals surface area contributed by atoms with Crippen LogP contribution in [0.5, 0.6) is 0 Å². The van der Waals surface area contributed by atoms with Crippen LogP contribution < -0.4 is 16.0 Å². The van der Waals surface area contributed by atoms with E-state index in [2.05, 4.69) is 16.0 Å². The van der Waals surface area contributed by atoms with Gasteiger partial charge in [-0.1, -0.05) is 18.2 Å². The van der Waals surface area contributed by atoms with Crippen LogP contribution in [0.4, 0.5) is 16.2 Å². The minimum absolute atomic E-state index is 0.178. The van der Waals surface area contributed by atoms with Gasteiger partial charge in [-0.05, 0) is 36.4 Å². The van der Waals surface area contributed by atoms with Gasteiger partial charge in [0, 0.05) is 30.6 Å². The van der Waals surface area contributed by atoms with Gasteiger partial charge in [0.2, 0.25) is 0 Å². The van der Waals surface area contributed by atoms with Crippen molar-refractivity contribution in [2.24, 2.45) is 0 Å². The highest BCUT2D eigenvalue weighted by atomic mass is 16.5. The highest BCUT2D eigenvalue weighted by Gasteiger charge is 2.06. The highest BCUT2D eigenvalue weighted by molar-refractivity contribution is 6.00. The topological polar surface area (TPSA) is 79.5 Å². The van der Waals surface area contributed by atoms with Crippen LogP contribution in [0, 0.1) is 0 Å². The fourth-order valence-corrected chi connectivity index (χ4v) is 1.89. The fourth-order valence-electron chi connectivity index (χ4n) is 1.89. The molecule has 0 heterocycles. The number of nitrogens with one attached hydrogen (secondary N) is 3. The second-order valence-corrected chi connectivity index (χ2v) is 4.77. The quantitative estimate of drug-likeness (QED) is 0.717. The third kappa shape index (κ3) is 5.44. The molecule has 6 nitrogen and oxygen atoms in total. The molecule has 0 aliphatic rings. The summed E-state index contributed by atoms with van der Waals surface area (Å²) in [6.45, 7) is 0.917. The SMILES string of the molecule is COCCNC(=O)c1ccc(NC(=O)Nc2ccccc2)cc1. The maximum Gasteiger partial charge on any atom is 0.323 e. The van der Waals surface area contributed by atoms with E-state index in [0.29, 0.717) is 30.1 Å². The molecule has 0 spiro atoms. The zero-order valence-corrected chi connectivity index (χ0v) is 12.8. The molecule has 120 valence electrons. The summed E-state index contributed by atoms with van der Waals surface area (Å²) in [6, 6.07) is 15.5. The zero-order valence-electron chi connectivity index (χ0n) is 12.8. The molecule has 0 aliphatic heterocycles. The van der Waals surface area contributed by atoms with Crippen molar-refractivity contribution in [2.75, 3.05) is 30.9 Å². The average Bonchev–Trinajstić information content (AvgIpc) is 2.56. The molecule has 0 atom stereocenters. The Labute approximate surface area is 134 Å². The van der Waals surface area contributed by atoms with E-state index in [1.165, 1.54) is 0 Å². The first-order chi connectivity index (χ1) is 11.2. The molecule has 0 aliphatic carbocycles. The van der Waals surface area contributed by atoms with E-state index in [0.717, 1.165) is 0 Å². The van der Waals surface area contributed by atoms with Crippen molar-refractivity contribution in [3.8, 4) is 0 Å². The monoisotopic (exact) mass is 313 g/mol. The van der Waals surface area contributed by atoms with E-state index in [4.69, 9.17) is 4.74 Å². The molecule has 2 aromatic carbocycles. The lowest BCUT2D eigenvalue weighted by molar-refractivity contribution is 0.0937. The summed E-state index contributed by atoms with van der Waals surface area (Å²) in [5.74, 6) is -0.178. The van der Waals surface area contributed by atoms with Gasteiger partial charge in [0.05, 0.1) is 6.61 Å². The third-order valence-corrected chi connectivity index (χ3v) is 3.03. The maximum absolute atomic E-state index is 11.9. The molecule has 3 amide bonds. The second kappa shape index (κ2) is 8.55. The number of para-hydroxylation sites is 1. The molecule has 0 saturated heterocycles. The van der Waals surface area contributed by atoms with Crippen molar-refractivity contribution < 1.29 is 14.3 Å². The first-order valence-corrected chi connectivity index (χ1v) is 7.19. The van der Waals surface area contributed by atoms with Crippen molar-refractivity contribution in [3.63, 3.8) is 0 Å². The van der Waals surface area contributed by atoms with Gasteiger partial charge in [-0.2, -0.15) is 0 Å². The van der Waals surface area contributed by atoms with Crippen molar-refractivity contribution in [3.05, 3.63) is 60.2 Å². The van der Waals surface area contributed by atoms with Gasteiger partial charge in [-0.3, -0.25) is 4.79 Å². The Morgan fingerprint density at radius 1 is 0.913 bits per heavy atom. The molecule has 2 rings (SSSR count). The summed E-state index contributed by atoms with van der Waals surface area (Å²) in [4.78, 5) is 23.7. The lowest BCUT2D eigenvalue weighted by atomic mass is 10.2. The van der Waals surface area contributed by atoms with Crippen LogP contribution in [0.3, 0.4) is 0 Å². The van der Waals surface area contributed by atoms with Crippen molar-refractivity contribution in [1.29, 1.82) is 0 Å². The largest absolute Gasteiger partial charge is 0.383 e. The number of carbonyl (C=O) groups is 2. The van der Waals surface area contributed by atoms with Crippen LogP contribution in [0.2, 0.25) is 0 Å². The smallest absolute Gasteiger partial charge is 0.323 e. The summed E-state index contributed by atoms with van der Waals surface area (Å²) in [5.41, 5.74) is 1.83. The molecule has 0 fully saturated rings. The Morgan fingerprint density at radius 2 is 1.52 bits per heavy atom. The number of benzene rings is 2. The van der Waals surface area contributed by atoms with E-state index in [-0.39, 0.29) is 11.9 Å². The number of ether oxygens (including phenoxy) is 1. The summed E-state index contributed by atoms with van der Waals surface area (Å²) in [6.07, 6.45) is 0. The predicted octanol–water partition coefficient (Wildman–Crippen LogP) is 2.71. The summed E-state index contributed by atoms with van der Waals surface area (Å²) >= 11 is 0. The van der Waals surface area contributed by atoms with Crippen LogP contribution in [-0.2, 0) is 4.74 Å². The van der Waals surface area contributed by atoms with E-state index in [9.17, 15) is 9.59 Å². The molecule has 0 unspecified atom stereocenters. The van der Waals surface area contributed by atoms with Gasteiger partial charge in [0.15, 0.2) is 0 Å². The minimum Gasteiger partial charge on any atom is -0.383 e. The second-order valence-electron chi connectivity index (χ2n) is 4.77. The molecular formula is C17H19N3O3. The highest BCUT2D eigenvalue weighted by Crippen LogP contribution is 2.11. The van der Waals surface area contributed by atoms with Crippen LogP contribution >= 0.6 is 0 Å². The number of rotatable bonds is 6. The van der Waals surface area contributed by atoms with Crippen molar-refractivity contribution in [1.82, 2.24) is 5.32 Å². The number of carbonyl (C=O) groups excluding carboxylic acids is 2. The Hall–Kier alpha value is -2.86. The van der Waals surface area contributed by atoms with Crippen LogP contribution in [-0.4, -0.2) is 32.2 Å². The summed E-state index contributed by atoms with van der Waals surface area (Å²) < 4.78 is 4.87. The van der Waals surface area contributed by atoms with Gasteiger partial charge in [-0.25, -0.2) is 4.79 Å². The molecule has 0 radical (unpaired) electrons. The first-order valence-electron chi connectivity index (χ1n) is 7.19. The van der Waals surface area contributed by atoms with Crippen molar-refractivity contribution >= 4 is 23.3 Å². The summed E-state index contributed by atoms with van der Waals surface area (Å²) in [7, 11) is 1.58. The van der Waals surface area contributed by atoms with E-state index in [1.54, 1.807) is 43.5 Å². The number of anilines is 2. The fraction of sp³-hybridized carbons (Fsp3) is 0.176. The molecule has 0 bridgehead atoms. The normalized spacial score (nSPS) is 9.96. The molecule has 0 saturated carbocycles. The third-order valence-electron chi connectivity index (χ3n) is 3.03. The molecule has 3 N–H and O–H groups in total. The lowest BCUT2D eigenvalue weighted by Gasteiger charge is -2.08. The average molecular weight is 313 g/mol. The standard InChI is InChI=1S/C17H19N3O3/c1-23-12-11-18-16(21)13-7-9-15(10-8-13)20-17(22)19-14-5-3-2-4-6-14/h2-10H,11-12H2,1H3,(H,18,21)(H2,19,20,22). The van der Waals surface area contributed by atoms with Crippen LogP contribution in [0.1, 0.15) is 10.4 Å². The predicted molar refractivity (Wildman–Crippen MR) is 89.7 cm³/mol. The van der Waals surface area contributed by atoms with Gasteiger partial charge in [0.1, 0.15) is 0 Å². The number of urea groups is 1. The number of hydrogen-bond acceptors (Lipinski definition) is 3. The Kier molecular flexibility index (Phi) is 6.14. The molecule has 6 heteroatoms. The van der Waals surface area contributed by atoms with E-state index < -0.39 is 0 Å². The van der Waals surface area contributed by atoms with Gasteiger partial charge >= 0.3 is 6.03 Å². The van der Waals surface area contributed by atoms with Gasteiger partial charge < -0.3 is 20.7 Å². The Bertz CT molecular complexity index is 642. The van der Waals surface area contributed by atoms with Crippen molar-refractivity contribution in [2.45, 2.75) is 0 Å². The van der Waals surface area contributed by atoms with Crippen LogP contribution in [0.15, 0.2) is 54.6 Å². The molecular weight excluding hydrogens is 294 g/mol. The maximum atomic E-state index is 11.9. The number of methoxy groups -OCH3 is 1. The Balaban J connectivity index is 1.87. The van der Waals surface area contributed by atoms with Gasteiger partial charge in [0.25, 0.3) is 5.91 Å². The Morgan fingerprint density at radius 3 is 2.13 bits per heavy atom. The van der Waals surface area contributed by atoms with Gasteiger partial charge in [-0.15, -0.1) is 0 Å². The zero-order chi connectivity index (χ0) is 16.5. The van der Waals surface area contributed by atoms with E-state index >= 15 is 0 Å². The molecule has 2 aromatic rings. The molecule has 0 aromatic heterocycles.